The SMILES string of the molecule is CCNC(C)c1ccc(F)cn1. The number of hydrogen-bond donors (Lipinski definition) is 1. The summed E-state index contributed by atoms with van der Waals surface area (Å²) >= 11 is 0. The molecule has 1 rings (SSSR count). The monoisotopic (exact) mass is 168 g/mol. The van der Waals surface area contributed by atoms with E-state index >= 15 is 0 Å². The summed E-state index contributed by atoms with van der Waals surface area (Å²) in [4.78, 5) is 3.96. The predicted molar refractivity (Wildman–Crippen MR) is 46.3 cm³/mol. The van der Waals surface area contributed by atoms with Crippen molar-refractivity contribution in [3.8, 4) is 0 Å². The predicted octanol–water partition coefficient (Wildman–Crippen LogP) is 1.89. The van der Waals surface area contributed by atoms with Crippen molar-refractivity contribution in [2.75, 3.05) is 6.54 Å². The first kappa shape index (κ1) is 9.13. The van der Waals surface area contributed by atoms with Crippen LogP contribution in [0.2, 0.25) is 0 Å². The zero-order chi connectivity index (χ0) is 8.97. The summed E-state index contributed by atoms with van der Waals surface area (Å²) in [7, 11) is 0. The van der Waals surface area contributed by atoms with Crippen LogP contribution in [0.1, 0.15) is 25.6 Å². The molecule has 0 aromatic carbocycles. The van der Waals surface area contributed by atoms with Crippen LogP contribution in [0.15, 0.2) is 18.3 Å². The van der Waals surface area contributed by atoms with Gasteiger partial charge in [0.05, 0.1) is 11.9 Å². The number of halogens is 1. The van der Waals surface area contributed by atoms with Crippen molar-refractivity contribution in [2.45, 2.75) is 19.9 Å². The number of rotatable bonds is 3. The molecule has 1 atom stereocenters. The van der Waals surface area contributed by atoms with Gasteiger partial charge in [0, 0.05) is 6.04 Å². The standard InChI is InChI=1S/C9H13FN2/c1-3-11-7(2)9-5-4-8(10)6-12-9/h4-7,11H,3H2,1-2H3. The van der Waals surface area contributed by atoms with Crippen LogP contribution in [-0.4, -0.2) is 11.5 Å². The molecule has 1 unspecified atom stereocenters. The average Bonchev–Trinajstić information content (AvgIpc) is 2.06. The Morgan fingerprint density at radius 3 is 2.83 bits per heavy atom. The van der Waals surface area contributed by atoms with Crippen molar-refractivity contribution in [1.29, 1.82) is 0 Å². The van der Waals surface area contributed by atoms with E-state index < -0.39 is 0 Å². The molecule has 0 saturated heterocycles. The molecule has 1 aromatic rings. The highest BCUT2D eigenvalue weighted by Crippen LogP contribution is 2.08. The highest BCUT2D eigenvalue weighted by molar-refractivity contribution is 5.08. The summed E-state index contributed by atoms with van der Waals surface area (Å²) in [5.41, 5.74) is 0.873. The maximum Gasteiger partial charge on any atom is 0.141 e. The fraction of sp³-hybridized carbons (Fsp3) is 0.444. The Morgan fingerprint density at radius 1 is 1.58 bits per heavy atom. The van der Waals surface area contributed by atoms with Crippen LogP contribution in [0.3, 0.4) is 0 Å². The topological polar surface area (TPSA) is 24.9 Å². The van der Waals surface area contributed by atoms with Crippen molar-refractivity contribution >= 4 is 0 Å². The highest BCUT2D eigenvalue weighted by Gasteiger charge is 2.03. The zero-order valence-electron chi connectivity index (χ0n) is 7.34. The molecule has 3 heteroatoms. The third kappa shape index (κ3) is 2.27. The Morgan fingerprint density at radius 2 is 2.33 bits per heavy atom. The van der Waals surface area contributed by atoms with E-state index in [1.807, 2.05) is 13.8 Å². The van der Waals surface area contributed by atoms with Crippen LogP contribution in [0.5, 0.6) is 0 Å². The largest absolute Gasteiger partial charge is 0.309 e. The number of aromatic nitrogens is 1. The second-order valence-corrected chi connectivity index (χ2v) is 2.68. The van der Waals surface area contributed by atoms with Crippen LogP contribution >= 0.6 is 0 Å². The van der Waals surface area contributed by atoms with Crippen molar-refractivity contribution in [2.24, 2.45) is 0 Å². The van der Waals surface area contributed by atoms with Gasteiger partial charge in [-0.25, -0.2) is 4.39 Å². The fourth-order valence-electron chi connectivity index (χ4n) is 1.05. The summed E-state index contributed by atoms with van der Waals surface area (Å²) in [5, 5.41) is 3.20. The lowest BCUT2D eigenvalue weighted by molar-refractivity contribution is 0.572. The molecule has 66 valence electrons. The van der Waals surface area contributed by atoms with E-state index in [0.29, 0.717) is 0 Å². The summed E-state index contributed by atoms with van der Waals surface area (Å²) in [5.74, 6) is -0.289. The van der Waals surface area contributed by atoms with Crippen molar-refractivity contribution < 1.29 is 4.39 Å². The van der Waals surface area contributed by atoms with Gasteiger partial charge in [-0.15, -0.1) is 0 Å². The Hall–Kier alpha value is -0.960. The summed E-state index contributed by atoms with van der Waals surface area (Å²) in [6.45, 7) is 4.92. The molecule has 0 bridgehead atoms. The van der Waals surface area contributed by atoms with Gasteiger partial charge in [-0.1, -0.05) is 6.92 Å². The van der Waals surface area contributed by atoms with Crippen molar-refractivity contribution in [3.63, 3.8) is 0 Å². The third-order valence-electron chi connectivity index (χ3n) is 1.70. The molecule has 1 aromatic heterocycles. The Labute approximate surface area is 71.8 Å². The normalized spacial score (nSPS) is 12.9. The first-order valence-corrected chi connectivity index (χ1v) is 4.09. The lowest BCUT2D eigenvalue weighted by atomic mass is 10.2. The molecular weight excluding hydrogens is 155 g/mol. The maximum atomic E-state index is 12.5. The smallest absolute Gasteiger partial charge is 0.141 e. The van der Waals surface area contributed by atoms with E-state index in [9.17, 15) is 4.39 Å². The van der Waals surface area contributed by atoms with Gasteiger partial charge in [0.25, 0.3) is 0 Å². The molecule has 0 aliphatic rings. The number of hydrogen-bond acceptors (Lipinski definition) is 2. The molecule has 0 fully saturated rings. The van der Waals surface area contributed by atoms with Gasteiger partial charge in [0.2, 0.25) is 0 Å². The van der Waals surface area contributed by atoms with Gasteiger partial charge in [-0.2, -0.15) is 0 Å². The van der Waals surface area contributed by atoms with E-state index in [-0.39, 0.29) is 11.9 Å². The quantitative estimate of drug-likeness (QED) is 0.745. The minimum atomic E-state index is -0.289. The van der Waals surface area contributed by atoms with Crippen LogP contribution < -0.4 is 5.32 Å². The number of pyridine rings is 1. The third-order valence-corrected chi connectivity index (χ3v) is 1.70. The van der Waals surface area contributed by atoms with E-state index in [2.05, 4.69) is 10.3 Å². The van der Waals surface area contributed by atoms with Crippen LogP contribution in [0, 0.1) is 5.82 Å². The number of nitrogens with one attached hydrogen (secondary N) is 1. The lowest BCUT2D eigenvalue weighted by Gasteiger charge is -2.10. The van der Waals surface area contributed by atoms with Gasteiger partial charge < -0.3 is 5.32 Å². The molecule has 2 nitrogen and oxygen atoms in total. The fourth-order valence-corrected chi connectivity index (χ4v) is 1.05. The average molecular weight is 168 g/mol. The number of nitrogens with zero attached hydrogens (tertiary/aromatic N) is 1. The molecule has 0 aliphatic carbocycles. The van der Waals surface area contributed by atoms with Gasteiger partial charge >= 0.3 is 0 Å². The van der Waals surface area contributed by atoms with E-state index in [4.69, 9.17) is 0 Å². The first-order valence-electron chi connectivity index (χ1n) is 4.09. The second-order valence-electron chi connectivity index (χ2n) is 2.68. The van der Waals surface area contributed by atoms with E-state index in [0.717, 1.165) is 12.2 Å². The van der Waals surface area contributed by atoms with E-state index in [1.165, 1.54) is 12.3 Å². The minimum Gasteiger partial charge on any atom is -0.309 e. The molecule has 12 heavy (non-hydrogen) atoms. The van der Waals surface area contributed by atoms with Crippen LogP contribution in [-0.2, 0) is 0 Å². The second kappa shape index (κ2) is 4.16. The molecule has 0 aliphatic heterocycles. The van der Waals surface area contributed by atoms with Crippen LogP contribution in [0.4, 0.5) is 4.39 Å². The molecular formula is C9H13FN2. The summed E-state index contributed by atoms with van der Waals surface area (Å²) in [6, 6.07) is 3.31. The Kier molecular flexibility index (Phi) is 3.17. The maximum absolute atomic E-state index is 12.5. The van der Waals surface area contributed by atoms with E-state index in [1.54, 1.807) is 6.07 Å². The molecule has 1 N–H and O–H groups in total. The minimum absolute atomic E-state index is 0.190. The van der Waals surface area contributed by atoms with Crippen molar-refractivity contribution in [1.82, 2.24) is 10.3 Å². The Bertz CT molecular complexity index is 233. The molecule has 0 saturated carbocycles. The highest BCUT2D eigenvalue weighted by atomic mass is 19.1. The van der Waals surface area contributed by atoms with Gasteiger partial charge in [0.15, 0.2) is 0 Å². The van der Waals surface area contributed by atoms with Gasteiger partial charge in [-0.3, -0.25) is 4.98 Å². The van der Waals surface area contributed by atoms with Crippen LogP contribution in [0.25, 0.3) is 0 Å². The lowest BCUT2D eigenvalue weighted by Crippen LogP contribution is -2.18. The first-order chi connectivity index (χ1) is 5.74. The summed E-state index contributed by atoms with van der Waals surface area (Å²) in [6.07, 6.45) is 1.24. The van der Waals surface area contributed by atoms with Crippen molar-refractivity contribution in [3.05, 3.63) is 29.8 Å². The summed E-state index contributed by atoms with van der Waals surface area (Å²) < 4.78 is 12.5. The Balaban J connectivity index is 2.68. The molecule has 0 amide bonds. The van der Waals surface area contributed by atoms with Gasteiger partial charge in [0.1, 0.15) is 5.82 Å². The molecule has 0 spiro atoms. The zero-order valence-corrected chi connectivity index (χ0v) is 7.34. The van der Waals surface area contributed by atoms with Gasteiger partial charge in [-0.05, 0) is 25.6 Å². The molecule has 0 radical (unpaired) electrons. The molecule has 1 heterocycles.